The van der Waals surface area contributed by atoms with E-state index in [4.69, 9.17) is 4.74 Å². The van der Waals surface area contributed by atoms with Crippen LogP contribution >= 0.6 is 0 Å². The van der Waals surface area contributed by atoms with Crippen molar-refractivity contribution in [3.05, 3.63) is 26.7 Å². The van der Waals surface area contributed by atoms with Crippen LogP contribution in [-0.2, 0) is 11.3 Å². The Hall–Kier alpha value is -1.63. The quantitative estimate of drug-likeness (QED) is 0.755. The fourth-order valence-corrected chi connectivity index (χ4v) is 1.91. The first kappa shape index (κ1) is 11.8. The van der Waals surface area contributed by atoms with E-state index in [2.05, 4.69) is 0 Å². The lowest BCUT2D eigenvalue weighted by Crippen LogP contribution is -2.35. The first-order valence-corrected chi connectivity index (χ1v) is 5.39. The van der Waals surface area contributed by atoms with Crippen LogP contribution in [0.2, 0.25) is 0 Å². The Morgan fingerprint density at radius 2 is 2.29 bits per heavy atom. The highest BCUT2D eigenvalue weighted by molar-refractivity contribution is 5.09. The van der Waals surface area contributed by atoms with Crippen molar-refractivity contribution < 1.29 is 14.2 Å². The molecular formula is C10H13FN2O4. The van der Waals surface area contributed by atoms with Crippen LogP contribution in [0.5, 0.6) is 5.88 Å². The van der Waals surface area contributed by atoms with E-state index >= 15 is 0 Å². The maximum absolute atomic E-state index is 13.1. The lowest BCUT2D eigenvalue weighted by Gasteiger charge is -2.22. The highest BCUT2D eigenvalue weighted by Crippen LogP contribution is 2.17. The average Bonchev–Trinajstić information content (AvgIpc) is 2.33. The first-order chi connectivity index (χ1) is 8.09. The summed E-state index contributed by atoms with van der Waals surface area (Å²) in [6, 6.07) is 0. The maximum atomic E-state index is 13.1. The van der Waals surface area contributed by atoms with E-state index in [9.17, 15) is 19.1 Å². The van der Waals surface area contributed by atoms with Gasteiger partial charge in [0.15, 0.2) is 0 Å². The summed E-state index contributed by atoms with van der Waals surface area (Å²) in [5.74, 6) is -2.21. The number of aromatic hydroxyl groups is 1. The third-order valence-electron chi connectivity index (χ3n) is 2.81. The van der Waals surface area contributed by atoms with E-state index in [-0.39, 0.29) is 12.5 Å². The summed E-state index contributed by atoms with van der Waals surface area (Å²) in [4.78, 5) is 24.1. The van der Waals surface area contributed by atoms with Crippen LogP contribution in [0.1, 0.15) is 12.8 Å². The summed E-state index contributed by atoms with van der Waals surface area (Å²) in [6.07, 6.45) is 1.71. The molecule has 0 saturated carbocycles. The molecular weight excluding hydrogens is 231 g/mol. The lowest BCUT2D eigenvalue weighted by atomic mass is 10.0. The SMILES string of the molecule is O=c1[nH]c(=O)n(CC2CCCOC2)c(O)c1F. The molecule has 1 unspecified atom stereocenters. The fraction of sp³-hybridized carbons (Fsp3) is 0.600. The van der Waals surface area contributed by atoms with Gasteiger partial charge >= 0.3 is 5.69 Å². The Balaban J connectivity index is 2.29. The van der Waals surface area contributed by atoms with Gasteiger partial charge in [-0.2, -0.15) is 4.39 Å². The standard InChI is InChI=1S/C10H13FN2O4/c11-7-8(14)12-10(16)13(9(7)15)4-6-2-1-3-17-5-6/h6,15H,1-5H2,(H,12,14,16). The number of aromatic nitrogens is 2. The number of nitrogens with zero attached hydrogens (tertiary/aromatic N) is 1. The largest absolute Gasteiger partial charge is 0.492 e. The second-order valence-corrected chi connectivity index (χ2v) is 4.09. The number of nitrogens with one attached hydrogen (secondary N) is 1. The molecule has 0 aliphatic carbocycles. The van der Waals surface area contributed by atoms with Gasteiger partial charge in [0.2, 0.25) is 11.7 Å². The second kappa shape index (κ2) is 4.70. The maximum Gasteiger partial charge on any atom is 0.331 e. The minimum absolute atomic E-state index is 0.0395. The molecule has 2 rings (SSSR count). The number of aromatic amines is 1. The summed E-state index contributed by atoms with van der Waals surface area (Å²) in [7, 11) is 0. The van der Waals surface area contributed by atoms with Crippen LogP contribution in [0.25, 0.3) is 0 Å². The zero-order chi connectivity index (χ0) is 12.4. The van der Waals surface area contributed by atoms with Gasteiger partial charge in [-0.05, 0) is 12.8 Å². The molecule has 2 heterocycles. The van der Waals surface area contributed by atoms with Gasteiger partial charge < -0.3 is 9.84 Å². The van der Waals surface area contributed by atoms with Gasteiger partial charge in [0.25, 0.3) is 5.56 Å². The molecule has 0 spiro atoms. The summed E-state index contributed by atoms with van der Waals surface area (Å²) in [5.41, 5.74) is -2.01. The lowest BCUT2D eigenvalue weighted by molar-refractivity contribution is 0.0467. The van der Waals surface area contributed by atoms with Gasteiger partial charge in [-0.1, -0.05) is 0 Å². The van der Waals surface area contributed by atoms with E-state index in [1.165, 1.54) is 0 Å². The number of rotatable bonds is 2. The number of hydrogen-bond donors (Lipinski definition) is 2. The molecule has 94 valence electrons. The van der Waals surface area contributed by atoms with Crippen LogP contribution in [0, 0.1) is 11.7 Å². The predicted molar refractivity (Wildman–Crippen MR) is 56.5 cm³/mol. The van der Waals surface area contributed by atoms with Crippen molar-refractivity contribution in [3.63, 3.8) is 0 Å². The normalized spacial score (nSPS) is 20.4. The van der Waals surface area contributed by atoms with Gasteiger partial charge in [-0.3, -0.25) is 14.3 Å². The van der Waals surface area contributed by atoms with Crippen molar-refractivity contribution in [3.8, 4) is 5.88 Å². The molecule has 1 aliphatic heterocycles. The molecule has 2 N–H and O–H groups in total. The van der Waals surface area contributed by atoms with Crippen molar-refractivity contribution >= 4 is 0 Å². The molecule has 1 aliphatic rings. The number of ether oxygens (including phenoxy) is 1. The second-order valence-electron chi connectivity index (χ2n) is 4.09. The molecule has 6 nitrogen and oxygen atoms in total. The van der Waals surface area contributed by atoms with Crippen LogP contribution in [0.4, 0.5) is 4.39 Å². The third-order valence-corrected chi connectivity index (χ3v) is 2.81. The minimum Gasteiger partial charge on any atom is -0.492 e. The molecule has 1 aromatic rings. The fourth-order valence-electron chi connectivity index (χ4n) is 1.91. The highest BCUT2D eigenvalue weighted by atomic mass is 19.1. The zero-order valence-electron chi connectivity index (χ0n) is 9.11. The molecule has 1 atom stereocenters. The van der Waals surface area contributed by atoms with E-state index in [0.29, 0.717) is 13.2 Å². The minimum atomic E-state index is -1.33. The molecule has 0 bridgehead atoms. The molecule has 1 fully saturated rings. The predicted octanol–water partition coefficient (Wildman–Crippen LogP) is -0.192. The van der Waals surface area contributed by atoms with Crippen molar-refractivity contribution in [1.82, 2.24) is 9.55 Å². The Kier molecular flexibility index (Phi) is 3.28. The average molecular weight is 244 g/mol. The van der Waals surface area contributed by atoms with Crippen molar-refractivity contribution in [1.29, 1.82) is 0 Å². The molecule has 0 amide bonds. The van der Waals surface area contributed by atoms with Crippen molar-refractivity contribution in [2.75, 3.05) is 13.2 Å². The molecule has 1 saturated heterocycles. The smallest absolute Gasteiger partial charge is 0.331 e. The van der Waals surface area contributed by atoms with Crippen molar-refractivity contribution in [2.24, 2.45) is 5.92 Å². The number of H-pyrrole nitrogens is 1. The molecule has 7 heteroatoms. The molecule has 0 radical (unpaired) electrons. The Morgan fingerprint density at radius 3 is 2.94 bits per heavy atom. The number of hydrogen-bond acceptors (Lipinski definition) is 4. The van der Waals surface area contributed by atoms with Gasteiger partial charge in [0.05, 0.1) is 6.61 Å². The third kappa shape index (κ3) is 2.38. The Bertz CT molecular complexity index is 516. The number of halogens is 1. The highest BCUT2D eigenvalue weighted by Gasteiger charge is 2.19. The van der Waals surface area contributed by atoms with Gasteiger partial charge in [0.1, 0.15) is 0 Å². The van der Waals surface area contributed by atoms with E-state index in [1.54, 1.807) is 0 Å². The summed E-state index contributed by atoms with van der Waals surface area (Å²) in [5, 5.41) is 9.42. The van der Waals surface area contributed by atoms with Crippen LogP contribution in [0.3, 0.4) is 0 Å². The first-order valence-electron chi connectivity index (χ1n) is 5.39. The van der Waals surface area contributed by atoms with E-state index in [1.807, 2.05) is 4.98 Å². The summed E-state index contributed by atoms with van der Waals surface area (Å²) >= 11 is 0. The van der Waals surface area contributed by atoms with Gasteiger partial charge in [-0.25, -0.2) is 4.79 Å². The summed E-state index contributed by atoms with van der Waals surface area (Å²) in [6.45, 7) is 1.28. The van der Waals surface area contributed by atoms with Crippen molar-refractivity contribution in [2.45, 2.75) is 19.4 Å². The van der Waals surface area contributed by atoms with E-state index in [0.717, 1.165) is 17.4 Å². The van der Waals surface area contributed by atoms with Crippen LogP contribution < -0.4 is 11.2 Å². The van der Waals surface area contributed by atoms with Crippen LogP contribution in [0.15, 0.2) is 9.59 Å². The van der Waals surface area contributed by atoms with Crippen LogP contribution in [-0.4, -0.2) is 27.9 Å². The van der Waals surface area contributed by atoms with E-state index < -0.39 is 22.9 Å². The Labute approximate surface area is 95.7 Å². The summed E-state index contributed by atoms with van der Waals surface area (Å²) < 4.78 is 19.2. The zero-order valence-corrected chi connectivity index (χ0v) is 9.11. The van der Waals surface area contributed by atoms with Gasteiger partial charge in [0, 0.05) is 19.1 Å². The molecule has 1 aromatic heterocycles. The van der Waals surface area contributed by atoms with Gasteiger partial charge in [-0.15, -0.1) is 0 Å². The Morgan fingerprint density at radius 1 is 1.53 bits per heavy atom. The molecule has 17 heavy (non-hydrogen) atoms. The topological polar surface area (TPSA) is 84.3 Å². The molecule has 0 aromatic carbocycles. The monoisotopic (exact) mass is 244 g/mol.